The Kier molecular flexibility index (Phi) is 7.39. The van der Waals surface area contributed by atoms with Crippen LogP contribution in [0.15, 0.2) is 23.8 Å². The monoisotopic (exact) mass is 575 g/mol. The lowest BCUT2D eigenvalue weighted by Crippen LogP contribution is -2.44. The number of nitrogens with zero attached hydrogens (tertiary/aromatic N) is 1. The van der Waals surface area contributed by atoms with Crippen molar-refractivity contribution >= 4 is 18.2 Å². The van der Waals surface area contributed by atoms with Gasteiger partial charge in [0.25, 0.3) is 0 Å². The second kappa shape index (κ2) is 8.94. The molecule has 218 valence electrons. The zero-order valence-corrected chi connectivity index (χ0v) is 27.3. The van der Waals surface area contributed by atoms with Crippen LogP contribution in [0.4, 0.5) is 15.5 Å². The van der Waals surface area contributed by atoms with E-state index in [9.17, 15) is 15.5 Å². The van der Waals surface area contributed by atoms with Crippen LogP contribution >= 0.6 is 9.84 Å². The van der Waals surface area contributed by atoms with Gasteiger partial charge in [0, 0.05) is 29.1 Å². The molecule has 0 saturated carbocycles. The fraction of sp³-hybridized carbons (Fsp3) is 0.700. The second-order valence-electron chi connectivity index (χ2n) is 14.6. The van der Waals surface area contributed by atoms with Crippen LogP contribution in [-0.2, 0) is 10.8 Å². The van der Waals surface area contributed by atoms with Crippen molar-refractivity contribution in [3.63, 3.8) is 0 Å². The smallest absolute Gasteiger partial charge is 0.192 e. The van der Waals surface area contributed by atoms with E-state index >= 15 is 0 Å². The number of aromatic nitrogens is 1. The van der Waals surface area contributed by atoms with E-state index in [1.807, 2.05) is 6.92 Å². The van der Waals surface area contributed by atoms with Gasteiger partial charge in [-0.2, -0.15) is 0 Å². The van der Waals surface area contributed by atoms with Gasteiger partial charge < -0.3 is 4.43 Å². The SMILES string of the molecule is Cc1c2c(nc(C(C)C)c1C(C)C1=CCC(S(C)(F)(F)(F)F)C=C1)CC(C)(C)CC2O[Si](C)(C)C(C)(C)C. The summed E-state index contributed by atoms with van der Waals surface area (Å²) in [4.78, 5) is 5.25. The van der Waals surface area contributed by atoms with Crippen molar-refractivity contribution in [3.8, 4) is 0 Å². The molecule has 3 rings (SSSR count). The highest BCUT2D eigenvalue weighted by Crippen LogP contribution is 2.97. The van der Waals surface area contributed by atoms with Crippen LogP contribution in [0.3, 0.4) is 0 Å². The molecule has 3 unspecified atom stereocenters. The van der Waals surface area contributed by atoms with Gasteiger partial charge >= 0.3 is 0 Å². The van der Waals surface area contributed by atoms with Crippen LogP contribution in [0.2, 0.25) is 18.1 Å². The molecule has 0 fully saturated rings. The fourth-order valence-corrected chi connectivity index (χ4v) is 7.99. The van der Waals surface area contributed by atoms with Crippen LogP contribution in [0, 0.1) is 12.3 Å². The lowest BCUT2D eigenvalue weighted by atomic mass is 9.72. The Labute approximate surface area is 229 Å². The molecule has 0 saturated heterocycles. The molecule has 0 aliphatic heterocycles. The normalized spacial score (nSPS) is 24.9. The van der Waals surface area contributed by atoms with Crippen molar-refractivity contribution < 1.29 is 20.0 Å². The summed E-state index contributed by atoms with van der Waals surface area (Å²) < 4.78 is 63.3. The van der Waals surface area contributed by atoms with Crippen molar-refractivity contribution in [2.45, 2.75) is 123 Å². The molecule has 8 heteroatoms. The Morgan fingerprint density at radius 1 is 1.11 bits per heavy atom. The molecule has 0 radical (unpaired) electrons. The van der Waals surface area contributed by atoms with Gasteiger partial charge in [-0.05, 0) is 72.4 Å². The molecule has 0 amide bonds. The minimum atomic E-state index is -8.09. The van der Waals surface area contributed by atoms with Gasteiger partial charge in [-0.1, -0.05) is 73.6 Å². The molecule has 0 aromatic carbocycles. The Balaban J connectivity index is 2.13. The predicted molar refractivity (Wildman–Crippen MR) is 158 cm³/mol. The Bertz CT molecular complexity index is 1160. The van der Waals surface area contributed by atoms with Gasteiger partial charge in [-0.3, -0.25) is 4.98 Å². The maximum atomic E-state index is 14.1. The number of allylic oxidation sites excluding steroid dienone is 3. The standard InChI is InChI=1S/C30H49F4NOSSi/c1-19(2)28-26(20(3)22-13-15-23(16-14-22)37(10,31,32,33)34)21(4)27-24(35-28)17-30(8,9)18-25(27)36-38(11,12)29(5,6)7/h13-15,19-20,23,25H,16-18H2,1-12H3. The summed E-state index contributed by atoms with van der Waals surface area (Å²) in [6.45, 7) is 24.2. The third-order valence-electron chi connectivity index (χ3n) is 8.93. The molecule has 0 bridgehead atoms. The molecular weight excluding hydrogens is 526 g/mol. The average molecular weight is 576 g/mol. The van der Waals surface area contributed by atoms with E-state index in [1.165, 1.54) is 6.08 Å². The summed E-state index contributed by atoms with van der Waals surface area (Å²) >= 11 is 0. The molecule has 1 heterocycles. The third kappa shape index (κ3) is 6.43. The lowest BCUT2D eigenvalue weighted by molar-refractivity contribution is 0.105. The Morgan fingerprint density at radius 3 is 2.13 bits per heavy atom. The van der Waals surface area contributed by atoms with Crippen molar-refractivity contribution in [1.29, 1.82) is 0 Å². The molecule has 2 aliphatic rings. The van der Waals surface area contributed by atoms with Crippen LogP contribution in [-0.4, -0.2) is 24.8 Å². The van der Waals surface area contributed by atoms with Gasteiger partial charge in [0.1, 0.15) is 0 Å². The van der Waals surface area contributed by atoms with Crippen LogP contribution in [0.25, 0.3) is 0 Å². The fourth-order valence-electron chi connectivity index (χ4n) is 5.67. The van der Waals surface area contributed by atoms with E-state index in [1.54, 1.807) is 6.08 Å². The molecule has 1 aromatic heterocycles. The van der Waals surface area contributed by atoms with E-state index in [0.717, 1.165) is 52.6 Å². The largest absolute Gasteiger partial charge is 0.410 e. The quantitative estimate of drug-likeness (QED) is 0.249. The minimum absolute atomic E-state index is 0.0455. The minimum Gasteiger partial charge on any atom is -0.410 e. The topological polar surface area (TPSA) is 22.1 Å². The average Bonchev–Trinajstić information content (AvgIpc) is 2.69. The summed E-state index contributed by atoms with van der Waals surface area (Å²) in [6, 6.07) is 0. The van der Waals surface area contributed by atoms with E-state index in [4.69, 9.17) is 9.41 Å². The van der Waals surface area contributed by atoms with Crippen molar-refractivity contribution in [2.75, 3.05) is 6.26 Å². The molecule has 0 N–H and O–H groups in total. The number of halogens is 4. The van der Waals surface area contributed by atoms with Gasteiger partial charge in [0.05, 0.1) is 11.4 Å². The number of fused-ring (bicyclic) bond motifs is 1. The molecule has 2 aliphatic carbocycles. The number of hydrogen-bond donors (Lipinski definition) is 0. The van der Waals surface area contributed by atoms with E-state index in [0.29, 0.717) is 0 Å². The van der Waals surface area contributed by atoms with Gasteiger partial charge in [0.15, 0.2) is 18.2 Å². The zero-order valence-electron chi connectivity index (χ0n) is 25.4. The molecule has 38 heavy (non-hydrogen) atoms. The lowest BCUT2D eigenvalue weighted by Gasteiger charge is -2.51. The maximum absolute atomic E-state index is 14.1. The van der Waals surface area contributed by atoms with Crippen molar-refractivity contribution in [2.24, 2.45) is 5.41 Å². The summed E-state index contributed by atoms with van der Waals surface area (Å²) in [5.41, 5.74) is 6.28. The first-order valence-corrected chi connectivity index (χ1v) is 19.2. The Morgan fingerprint density at radius 2 is 1.68 bits per heavy atom. The summed E-state index contributed by atoms with van der Waals surface area (Å²) in [6.07, 6.45) is 5.25. The second-order valence-corrected chi connectivity index (χ2v) is 23.1. The van der Waals surface area contributed by atoms with Gasteiger partial charge in [-0.15, -0.1) is 15.5 Å². The van der Waals surface area contributed by atoms with E-state index in [-0.39, 0.29) is 41.1 Å². The summed E-state index contributed by atoms with van der Waals surface area (Å²) in [5, 5.41) is -1.99. The highest BCUT2D eigenvalue weighted by molar-refractivity contribution is 8.49. The van der Waals surface area contributed by atoms with Crippen LogP contribution < -0.4 is 0 Å². The van der Waals surface area contributed by atoms with Crippen LogP contribution in [0.5, 0.6) is 0 Å². The van der Waals surface area contributed by atoms with E-state index < -0.39 is 23.4 Å². The number of hydrogen-bond acceptors (Lipinski definition) is 2. The van der Waals surface area contributed by atoms with Crippen molar-refractivity contribution in [1.82, 2.24) is 4.98 Å². The molecule has 1 aromatic rings. The third-order valence-corrected chi connectivity index (χ3v) is 15.3. The molecule has 2 nitrogen and oxygen atoms in total. The maximum Gasteiger partial charge on any atom is 0.192 e. The summed E-state index contributed by atoms with van der Waals surface area (Å²) in [7, 11) is -10.2. The van der Waals surface area contributed by atoms with Gasteiger partial charge in [-0.25, -0.2) is 0 Å². The first kappa shape index (κ1) is 31.4. The first-order valence-electron chi connectivity index (χ1n) is 13.8. The first-order chi connectivity index (χ1) is 16.7. The summed E-state index contributed by atoms with van der Waals surface area (Å²) in [5.74, 6) is -0.0155. The zero-order chi connectivity index (χ0) is 29.3. The number of rotatable bonds is 6. The molecular formula is C30H49F4NOSSi. The Hall–Kier alpha value is -1.12. The van der Waals surface area contributed by atoms with Crippen molar-refractivity contribution in [3.05, 3.63) is 51.9 Å². The van der Waals surface area contributed by atoms with E-state index in [2.05, 4.69) is 68.5 Å². The highest BCUT2D eigenvalue weighted by Gasteiger charge is 2.63. The predicted octanol–water partition coefficient (Wildman–Crippen LogP) is 11.0. The highest BCUT2D eigenvalue weighted by atomic mass is 32.5. The molecule has 0 spiro atoms. The molecule has 3 atom stereocenters. The van der Waals surface area contributed by atoms with Gasteiger partial charge in [0.2, 0.25) is 0 Å². The number of pyridine rings is 1. The van der Waals surface area contributed by atoms with Crippen LogP contribution in [0.1, 0.15) is 114 Å².